The molecule has 0 saturated carbocycles. The van der Waals surface area contributed by atoms with Crippen molar-refractivity contribution in [2.45, 2.75) is 45.2 Å². The van der Waals surface area contributed by atoms with Gasteiger partial charge in [-0.05, 0) is 48.4 Å². The number of nitrogens with one attached hydrogen (secondary N) is 1. The molecule has 0 amide bonds. The molecule has 4 nitrogen and oxygen atoms in total. The van der Waals surface area contributed by atoms with Crippen LogP contribution in [0.1, 0.15) is 67.0 Å². The minimum atomic E-state index is -0.0820. The summed E-state index contributed by atoms with van der Waals surface area (Å²) in [5.41, 5.74) is 3.29. The maximum atomic E-state index is 12.5. The minimum absolute atomic E-state index is 0.00338. The average molecular weight is 419 g/mol. The first-order chi connectivity index (χ1) is 14.6. The second-order valence-electron chi connectivity index (χ2n) is 7.92. The molecule has 30 heavy (non-hydrogen) atoms. The van der Waals surface area contributed by atoms with Crippen LogP contribution in [0.25, 0.3) is 10.9 Å². The fourth-order valence-corrected chi connectivity index (χ4v) is 4.64. The van der Waals surface area contributed by atoms with Gasteiger partial charge in [-0.1, -0.05) is 56.3 Å². The van der Waals surface area contributed by atoms with Gasteiger partial charge in [-0.2, -0.15) is 0 Å². The second kappa shape index (κ2) is 8.94. The monoisotopic (exact) mass is 418 g/mol. The normalized spacial score (nSPS) is 14.5. The number of rotatable bonds is 7. The lowest BCUT2D eigenvalue weighted by molar-refractivity contribution is -0.723. The first kappa shape index (κ1) is 20.5. The van der Waals surface area contributed by atoms with Crippen LogP contribution in [-0.2, 0) is 0 Å². The summed E-state index contributed by atoms with van der Waals surface area (Å²) in [4.78, 5) is 21.5. The van der Waals surface area contributed by atoms with Crippen molar-refractivity contribution < 1.29 is 5.32 Å². The zero-order valence-electron chi connectivity index (χ0n) is 17.6. The van der Waals surface area contributed by atoms with E-state index in [2.05, 4.69) is 72.9 Å². The summed E-state index contributed by atoms with van der Waals surface area (Å²) in [5, 5.41) is 5.03. The lowest BCUT2D eigenvalue weighted by Crippen LogP contribution is -2.86. The van der Waals surface area contributed by atoms with Crippen molar-refractivity contribution in [3.05, 3.63) is 98.2 Å². The summed E-state index contributed by atoms with van der Waals surface area (Å²) in [6, 6.07) is 20.9. The van der Waals surface area contributed by atoms with E-state index in [9.17, 15) is 4.79 Å². The number of quaternary nitrogens is 1. The summed E-state index contributed by atoms with van der Waals surface area (Å²) in [6.07, 6.45) is 1.14. The molecule has 4 aromatic rings. The molecule has 5 heteroatoms. The Hall–Kier alpha value is -2.76. The van der Waals surface area contributed by atoms with Gasteiger partial charge in [0.25, 0.3) is 5.56 Å². The molecular weight excluding hydrogens is 390 g/mol. The molecule has 154 valence electrons. The fraction of sp³-hybridized carbons (Fsp3) is 0.280. The van der Waals surface area contributed by atoms with E-state index in [1.165, 1.54) is 16.0 Å². The third kappa shape index (κ3) is 4.23. The maximum absolute atomic E-state index is 12.5. The number of nitrogens with two attached hydrogens (primary N) is 1. The van der Waals surface area contributed by atoms with Gasteiger partial charge in [-0.25, -0.2) is 4.98 Å². The van der Waals surface area contributed by atoms with Gasteiger partial charge in [0.2, 0.25) is 0 Å². The highest BCUT2D eigenvalue weighted by Gasteiger charge is 2.24. The number of H-pyrrole nitrogens is 1. The zero-order chi connectivity index (χ0) is 21.1. The summed E-state index contributed by atoms with van der Waals surface area (Å²) in [6.45, 7) is 6.59. The molecule has 0 aliphatic heterocycles. The van der Waals surface area contributed by atoms with Crippen molar-refractivity contribution >= 4 is 22.2 Å². The molecule has 0 unspecified atom stereocenters. The van der Waals surface area contributed by atoms with Crippen LogP contribution in [0.3, 0.4) is 0 Å². The number of para-hydroxylation sites is 1. The molecule has 0 radical (unpaired) electrons. The number of nitrogens with zero attached hydrogens (tertiary/aromatic N) is 1. The van der Waals surface area contributed by atoms with E-state index in [1.54, 1.807) is 11.3 Å². The molecule has 0 saturated heterocycles. The Morgan fingerprint density at radius 2 is 1.73 bits per heavy atom. The highest BCUT2D eigenvalue weighted by molar-refractivity contribution is 7.10. The summed E-state index contributed by atoms with van der Waals surface area (Å²) < 4.78 is 0. The number of benzene rings is 2. The van der Waals surface area contributed by atoms with Crippen molar-refractivity contribution in [3.8, 4) is 0 Å². The van der Waals surface area contributed by atoms with E-state index in [-0.39, 0.29) is 17.6 Å². The Labute approximate surface area is 181 Å². The smallest absolute Gasteiger partial charge is 0.258 e. The van der Waals surface area contributed by atoms with Crippen LogP contribution in [0, 0.1) is 0 Å². The predicted molar refractivity (Wildman–Crippen MR) is 124 cm³/mol. The summed E-state index contributed by atoms with van der Waals surface area (Å²) in [7, 11) is 0. The van der Waals surface area contributed by atoms with Gasteiger partial charge in [0.15, 0.2) is 5.82 Å². The fourth-order valence-electron chi connectivity index (χ4n) is 3.81. The Morgan fingerprint density at radius 3 is 2.43 bits per heavy atom. The van der Waals surface area contributed by atoms with Gasteiger partial charge in [0, 0.05) is 5.56 Å². The Kier molecular flexibility index (Phi) is 6.11. The molecular formula is C25H28N3OS+. The first-order valence-corrected chi connectivity index (χ1v) is 11.4. The number of hydrogen-bond donors (Lipinski definition) is 2. The largest absolute Gasteiger partial charge is 0.327 e. The van der Waals surface area contributed by atoms with Gasteiger partial charge in [-0.15, -0.1) is 11.3 Å². The van der Waals surface area contributed by atoms with Gasteiger partial charge >= 0.3 is 0 Å². The van der Waals surface area contributed by atoms with Crippen molar-refractivity contribution in [1.29, 1.82) is 0 Å². The number of hydrogen-bond acceptors (Lipinski definition) is 3. The first-order valence-electron chi connectivity index (χ1n) is 10.5. The molecule has 4 rings (SSSR count). The predicted octanol–water partition coefficient (Wildman–Crippen LogP) is 4.91. The number of aromatic amines is 1. The quantitative estimate of drug-likeness (QED) is 0.448. The number of thiophene rings is 1. The lowest BCUT2D eigenvalue weighted by Gasteiger charge is -2.20. The Bertz CT molecular complexity index is 1170. The molecule has 0 fully saturated rings. The van der Waals surface area contributed by atoms with Crippen LogP contribution >= 0.6 is 11.3 Å². The maximum Gasteiger partial charge on any atom is 0.258 e. The third-order valence-corrected chi connectivity index (χ3v) is 6.83. The van der Waals surface area contributed by atoms with Crippen molar-refractivity contribution in [2.24, 2.45) is 0 Å². The molecule has 2 aromatic heterocycles. The van der Waals surface area contributed by atoms with Crippen LogP contribution in [0.2, 0.25) is 0 Å². The van der Waals surface area contributed by atoms with E-state index < -0.39 is 0 Å². The third-order valence-electron chi connectivity index (χ3n) is 5.87. The van der Waals surface area contributed by atoms with E-state index in [1.807, 2.05) is 24.3 Å². The average Bonchev–Trinajstić information content (AvgIpc) is 3.31. The molecule has 0 aliphatic carbocycles. The van der Waals surface area contributed by atoms with Crippen molar-refractivity contribution in [1.82, 2.24) is 9.97 Å². The summed E-state index contributed by atoms with van der Waals surface area (Å²) >= 11 is 1.76. The SMILES string of the molecule is CC[C@@H](C)c1ccc([C@@H]([NH2+][C@@H](C)c2nc3ccccc3c(=O)[nH]2)c2cccs2)cc1. The van der Waals surface area contributed by atoms with Crippen LogP contribution in [0.4, 0.5) is 0 Å². The van der Waals surface area contributed by atoms with Crippen LogP contribution < -0.4 is 10.9 Å². The second-order valence-corrected chi connectivity index (χ2v) is 8.90. The molecule has 0 aliphatic rings. The van der Waals surface area contributed by atoms with Crippen molar-refractivity contribution in [3.63, 3.8) is 0 Å². The van der Waals surface area contributed by atoms with E-state index in [0.29, 0.717) is 17.1 Å². The molecule has 2 heterocycles. The highest BCUT2D eigenvalue weighted by atomic mass is 32.1. The number of fused-ring (bicyclic) bond motifs is 1. The minimum Gasteiger partial charge on any atom is -0.327 e. The van der Waals surface area contributed by atoms with Crippen molar-refractivity contribution in [2.75, 3.05) is 0 Å². The van der Waals surface area contributed by atoms with E-state index >= 15 is 0 Å². The van der Waals surface area contributed by atoms with Gasteiger partial charge in [0.05, 0.1) is 15.8 Å². The summed E-state index contributed by atoms with van der Waals surface area (Å²) in [5.74, 6) is 1.27. The number of aromatic nitrogens is 2. The molecule has 2 aromatic carbocycles. The molecule has 0 spiro atoms. The van der Waals surface area contributed by atoms with Gasteiger partial charge < -0.3 is 10.3 Å². The molecule has 0 bridgehead atoms. The van der Waals surface area contributed by atoms with Crippen LogP contribution in [-0.4, -0.2) is 9.97 Å². The van der Waals surface area contributed by atoms with E-state index in [0.717, 1.165) is 11.9 Å². The standard InChI is InChI=1S/C25H27N3OS/c1-4-16(2)18-11-13-19(14-12-18)23(22-10-7-15-30-22)26-17(3)24-27-21-9-6-5-8-20(21)25(29)28-24/h5-17,23,26H,4H2,1-3H3,(H,27,28,29)/p+1/t16-,17+,23-/m1/s1. The Morgan fingerprint density at radius 1 is 1.00 bits per heavy atom. The zero-order valence-corrected chi connectivity index (χ0v) is 18.4. The van der Waals surface area contributed by atoms with E-state index in [4.69, 9.17) is 4.98 Å². The molecule has 3 N–H and O–H groups in total. The van der Waals surface area contributed by atoms with Crippen LogP contribution in [0.5, 0.6) is 0 Å². The lowest BCUT2D eigenvalue weighted by atomic mass is 9.95. The topological polar surface area (TPSA) is 62.4 Å². The Balaban J connectivity index is 1.65. The molecule has 3 atom stereocenters. The van der Waals surface area contributed by atoms with Gasteiger partial charge in [-0.3, -0.25) is 4.79 Å². The van der Waals surface area contributed by atoms with Gasteiger partial charge in [0.1, 0.15) is 12.1 Å². The van der Waals surface area contributed by atoms with Crippen LogP contribution in [0.15, 0.2) is 70.8 Å². The highest BCUT2D eigenvalue weighted by Crippen LogP contribution is 2.26.